The fourth-order valence-electron chi connectivity index (χ4n) is 2.17. The highest BCUT2D eigenvalue weighted by Gasteiger charge is 2.14. The molecular weight excluding hydrogens is 344 g/mol. The molecule has 0 heterocycles. The lowest BCUT2D eigenvalue weighted by Crippen LogP contribution is -2.23. The first-order valence-corrected chi connectivity index (χ1v) is 8.92. The predicted molar refractivity (Wildman–Crippen MR) is 94.3 cm³/mol. The van der Waals surface area contributed by atoms with Crippen LogP contribution in [0.1, 0.15) is 12.5 Å². The van der Waals surface area contributed by atoms with Gasteiger partial charge in [-0.25, -0.2) is 13.1 Å². The topological polar surface area (TPSA) is 93.7 Å². The molecule has 2 N–H and O–H groups in total. The number of rotatable bonds is 7. The van der Waals surface area contributed by atoms with Crippen molar-refractivity contribution >= 4 is 21.6 Å². The van der Waals surface area contributed by atoms with Gasteiger partial charge in [0.25, 0.3) is 0 Å². The van der Waals surface area contributed by atoms with Gasteiger partial charge in [-0.15, -0.1) is 0 Å². The molecule has 0 saturated carbocycles. The summed E-state index contributed by atoms with van der Waals surface area (Å²) >= 11 is 0. The lowest BCUT2D eigenvalue weighted by molar-refractivity contribution is -0.114. The van der Waals surface area contributed by atoms with Gasteiger partial charge in [-0.1, -0.05) is 6.07 Å². The van der Waals surface area contributed by atoms with Gasteiger partial charge in [-0.2, -0.15) is 0 Å². The molecule has 0 aromatic heterocycles. The van der Waals surface area contributed by atoms with Gasteiger partial charge in [-0.3, -0.25) is 4.79 Å². The normalized spacial score (nSPS) is 11.0. The third-order valence-electron chi connectivity index (χ3n) is 3.40. The van der Waals surface area contributed by atoms with Crippen LogP contribution >= 0.6 is 0 Å². The van der Waals surface area contributed by atoms with E-state index in [0.717, 1.165) is 5.56 Å². The SMILES string of the molecule is COc1ccc(CNS(=O)(=O)c2ccc(NC(C)=O)cc2)cc1OC. The van der Waals surface area contributed by atoms with Crippen LogP contribution in [0.4, 0.5) is 5.69 Å². The average molecular weight is 364 g/mol. The molecule has 0 spiro atoms. The van der Waals surface area contributed by atoms with Crippen LogP contribution in [0.2, 0.25) is 0 Å². The van der Waals surface area contributed by atoms with Crippen LogP contribution < -0.4 is 19.5 Å². The van der Waals surface area contributed by atoms with E-state index in [1.165, 1.54) is 45.4 Å². The number of hydrogen-bond acceptors (Lipinski definition) is 5. The van der Waals surface area contributed by atoms with Crippen molar-refractivity contribution in [1.82, 2.24) is 4.72 Å². The summed E-state index contributed by atoms with van der Waals surface area (Å²) in [6.07, 6.45) is 0. The van der Waals surface area contributed by atoms with Gasteiger partial charge in [0.2, 0.25) is 15.9 Å². The highest BCUT2D eigenvalue weighted by atomic mass is 32.2. The van der Waals surface area contributed by atoms with Gasteiger partial charge < -0.3 is 14.8 Å². The third kappa shape index (κ3) is 4.94. The van der Waals surface area contributed by atoms with Crippen LogP contribution in [0, 0.1) is 0 Å². The zero-order valence-corrected chi connectivity index (χ0v) is 15.0. The number of benzene rings is 2. The van der Waals surface area contributed by atoms with Crippen LogP contribution in [0.5, 0.6) is 11.5 Å². The molecule has 0 aliphatic heterocycles. The highest BCUT2D eigenvalue weighted by molar-refractivity contribution is 7.89. The first-order chi connectivity index (χ1) is 11.9. The van der Waals surface area contributed by atoms with Crippen LogP contribution in [0.15, 0.2) is 47.4 Å². The summed E-state index contributed by atoms with van der Waals surface area (Å²) < 4.78 is 37.6. The van der Waals surface area contributed by atoms with E-state index in [1.807, 2.05) is 0 Å². The molecule has 2 rings (SSSR count). The highest BCUT2D eigenvalue weighted by Crippen LogP contribution is 2.27. The number of ether oxygens (including phenoxy) is 2. The molecule has 0 aliphatic rings. The van der Waals surface area contributed by atoms with E-state index in [2.05, 4.69) is 10.0 Å². The van der Waals surface area contributed by atoms with E-state index in [-0.39, 0.29) is 17.3 Å². The van der Waals surface area contributed by atoms with E-state index in [0.29, 0.717) is 17.2 Å². The Labute approximate surface area is 147 Å². The molecular formula is C17H20N2O5S. The molecule has 7 nitrogen and oxygen atoms in total. The molecule has 0 saturated heterocycles. The molecule has 25 heavy (non-hydrogen) atoms. The van der Waals surface area contributed by atoms with Gasteiger partial charge in [0.15, 0.2) is 11.5 Å². The standard InChI is InChI=1S/C17H20N2O5S/c1-12(20)19-14-5-7-15(8-6-14)25(21,22)18-11-13-4-9-16(23-2)17(10-13)24-3/h4-10,18H,11H2,1-3H3,(H,19,20). The van der Waals surface area contributed by atoms with Crippen molar-refractivity contribution < 1.29 is 22.7 Å². The second-order valence-corrected chi connectivity index (χ2v) is 6.99. The summed E-state index contributed by atoms with van der Waals surface area (Å²) in [5, 5.41) is 2.58. The minimum atomic E-state index is -3.67. The van der Waals surface area contributed by atoms with Crippen molar-refractivity contribution in [2.45, 2.75) is 18.4 Å². The van der Waals surface area contributed by atoms with Gasteiger partial charge in [0, 0.05) is 19.2 Å². The first-order valence-electron chi connectivity index (χ1n) is 7.44. The third-order valence-corrected chi connectivity index (χ3v) is 4.82. The Kier molecular flexibility index (Phi) is 6.00. The minimum absolute atomic E-state index is 0.107. The van der Waals surface area contributed by atoms with E-state index in [1.54, 1.807) is 18.2 Å². The molecule has 2 aromatic carbocycles. The summed E-state index contributed by atoms with van der Waals surface area (Å²) in [6, 6.07) is 11.1. The Bertz CT molecular complexity index is 848. The number of methoxy groups -OCH3 is 2. The largest absolute Gasteiger partial charge is 0.493 e. The van der Waals surface area contributed by atoms with E-state index in [4.69, 9.17) is 9.47 Å². The quantitative estimate of drug-likeness (QED) is 0.785. The number of anilines is 1. The predicted octanol–water partition coefficient (Wildman–Crippen LogP) is 2.14. The van der Waals surface area contributed by atoms with Crippen molar-refractivity contribution in [3.05, 3.63) is 48.0 Å². The Morgan fingerprint density at radius 1 is 1.00 bits per heavy atom. The Morgan fingerprint density at radius 3 is 2.20 bits per heavy atom. The average Bonchev–Trinajstić information content (AvgIpc) is 2.59. The van der Waals surface area contributed by atoms with Crippen molar-refractivity contribution in [2.75, 3.05) is 19.5 Å². The lowest BCUT2D eigenvalue weighted by Gasteiger charge is -2.11. The molecule has 0 aliphatic carbocycles. The molecule has 0 fully saturated rings. The fraction of sp³-hybridized carbons (Fsp3) is 0.235. The summed E-state index contributed by atoms with van der Waals surface area (Å²) in [5.74, 6) is 0.878. The summed E-state index contributed by atoms with van der Waals surface area (Å²) in [4.78, 5) is 11.1. The van der Waals surface area contributed by atoms with Crippen molar-refractivity contribution in [3.63, 3.8) is 0 Å². The summed E-state index contributed by atoms with van der Waals surface area (Å²) in [7, 11) is -0.625. The molecule has 0 bridgehead atoms. The monoisotopic (exact) mass is 364 g/mol. The van der Waals surface area contributed by atoms with Crippen LogP contribution in [-0.4, -0.2) is 28.5 Å². The molecule has 0 atom stereocenters. The molecule has 134 valence electrons. The second-order valence-electron chi connectivity index (χ2n) is 5.22. The zero-order valence-electron chi connectivity index (χ0n) is 14.2. The zero-order chi connectivity index (χ0) is 18.4. The Hall–Kier alpha value is -2.58. The molecule has 8 heteroatoms. The van der Waals surface area contributed by atoms with Gasteiger partial charge >= 0.3 is 0 Å². The van der Waals surface area contributed by atoms with Crippen molar-refractivity contribution in [1.29, 1.82) is 0 Å². The van der Waals surface area contributed by atoms with Crippen LogP contribution in [0.3, 0.4) is 0 Å². The van der Waals surface area contributed by atoms with E-state index in [9.17, 15) is 13.2 Å². The maximum atomic E-state index is 12.4. The maximum absolute atomic E-state index is 12.4. The molecule has 1 amide bonds. The van der Waals surface area contributed by atoms with Gasteiger partial charge in [-0.05, 0) is 42.0 Å². The first kappa shape index (κ1) is 18.8. The fourth-order valence-corrected chi connectivity index (χ4v) is 3.19. The number of carbonyl (C=O) groups excluding carboxylic acids is 1. The second kappa shape index (κ2) is 8.00. The van der Waals surface area contributed by atoms with Crippen molar-refractivity contribution in [2.24, 2.45) is 0 Å². The Balaban J connectivity index is 2.10. The molecule has 0 radical (unpaired) electrons. The van der Waals surface area contributed by atoms with Gasteiger partial charge in [0.1, 0.15) is 0 Å². The molecule has 0 unspecified atom stereocenters. The maximum Gasteiger partial charge on any atom is 0.240 e. The summed E-state index contributed by atoms with van der Waals surface area (Å²) in [5.41, 5.74) is 1.27. The number of nitrogens with one attached hydrogen (secondary N) is 2. The Morgan fingerprint density at radius 2 is 1.64 bits per heavy atom. The van der Waals surface area contributed by atoms with Crippen molar-refractivity contribution in [3.8, 4) is 11.5 Å². The van der Waals surface area contributed by atoms with Gasteiger partial charge in [0.05, 0.1) is 19.1 Å². The van der Waals surface area contributed by atoms with E-state index >= 15 is 0 Å². The summed E-state index contributed by atoms with van der Waals surface area (Å²) in [6.45, 7) is 1.49. The lowest BCUT2D eigenvalue weighted by atomic mass is 10.2. The smallest absolute Gasteiger partial charge is 0.240 e. The van der Waals surface area contributed by atoms with Crippen LogP contribution in [0.25, 0.3) is 0 Å². The minimum Gasteiger partial charge on any atom is -0.493 e. The van der Waals surface area contributed by atoms with E-state index < -0.39 is 10.0 Å². The number of hydrogen-bond donors (Lipinski definition) is 2. The van der Waals surface area contributed by atoms with Crippen LogP contribution in [-0.2, 0) is 21.4 Å². The number of amides is 1. The molecule has 2 aromatic rings. The number of carbonyl (C=O) groups is 1. The number of sulfonamides is 1.